The Labute approximate surface area is 185 Å². The molecule has 1 atom stereocenters. The molecule has 3 aromatic carbocycles. The highest BCUT2D eigenvalue weighted by Gasteiger charge is 2.34. The number of hydrogen-bond acceptors (Lipinski definition) is 5. The van der Waals surface area contributed by atoms with Crippen molar-refractivity contribution in [3.05, 3.63) is 107 Å². The fraction of sp³-hybridized carbons (Fsp3) is 0.115. The van der Waals surface area contributed by atoms with Crippen molar-refractivity contribution >= 4 is 28.7 Å². The minimum Gasteiger partial charge on any atom is -0.465 e. The van der Waals surface area contributed by atoms with Crippen molar-refractivity contribution in [3.8, 4) is 0 Å². The van der Waals surface area contributed by atoms with E-state index in [1.807, 2.05) is 78.2 Å². The Morgan fingerprint density at radius 1 is 0.906 bits per heavy atom. The Morgan fingerprint density at radius 3 is 2.31 bits per heavy atom. The van der Waals surface area contributed by atoms with Crippen LogP contribution < -0.4 is 5.32 Å². The summed E-state index contributed by atoms with van der Waals surface area (Å²) in [6.45, 7) is 1.90. The van der Waals surface area contributed by atoms with Gasteiger partial charge in [-0.3, -0.25) is 9.36 Å². The predicted octanol–water partition coefficient (Wildman–Crippen LogP) is 4.99. The van der Waals surface area contributed by atoms with Crippen LogP contribution in [0, 0.1) is 0 Å². The Hall–Kier alpha value is -4.19. The van der Waals surface area contributed by atoms with Gasteiger partial charge in [0, 0.05) is 16.8 Å². The topological polar surface area (TPSA) is 73.2 Å². The normalized spacial score (nSPS) is 15.2. The number of Topliss-reactive ketones (excluding diaryl/α,β-unsaturated/α-hetero) is 1. The molecule has 5 rings (SSSR count). The van der Waals surface area contributed by atoms with E-state index in [9.17, 15) is 9.59 Å². The number of imidazole rings is 1. The molecule has 0 saturated carbocycles. The number of esters is 1. The monoisotopic (exact) mass is 423 g/mol. The van der Waals surface area contributed by atoms with Gasteiger partial charge in [0.2, 0.25) is 5.95 Å². The first-order valence-corrected chi connectivity index (χ1v) is 10.3. The number of hydrogen-bond donors (Lipinski definition) is 1. The molecule has 0 fully saturated rings. The highest BCUT2D eigenvalue weighted by atomic mass is 16.5. The maximum Gasteiger partial charge on any atom is 0.337 e. The van der Waals surface area contributed by atoms with Crippen molar-refractivity contribution in [1.29, 1.82) is 0 Å². The Bertz CT molecular complexity index is 1370. The number of methoxy groups -OCH3 is 1. The van der Waals surface area contributed by atoms with E-state index in [0.29, 0.717) is 22.6 Å². The molecule has 0 aliphatic carbocycles. The number of rotatable bonds is 4. The minimum absolute atomic E-state index is 0.0546. The summed E-state index contributed by atoms with van der Waals surface area (Å²) in [6, 6.07) is 23.9. The molecule has 1 N–H and O–H groups in total. The zero-order chi connectivity index (χ0) is 22.2. The van der Waals surface area contributed by atoms with Crippen molar-refractivity contribution in [3.63, 3.8) is 0 Å². The highest BCUT2D eigenvalue weighted by Crippen LogP contribution is 2.40. The first-order valence-electron chi connectivity index (χ1n) is 10.3. The molecular formula is C26H21N3O3. The van der Waals surface area contributed by atoms with Crippen LogP contribution in [0.3, 0.4) is 0 Å². The second-order valence-corrected chi connectivity index (χ2v) is 7.67. The van der Waals surface area contributed by atoms with Crippen molar-refractivity contribution in [2.24, 2.45) is 0 Å². The van der Waals surface area contributed by atoms with Gasteiger partial charge in [0.05, 0.1) is 29.7 Å². The molecule has 32 heavy (non-hydrogen) atoms. The van der Waals surface area contributed by atoms with Gasteiger partial charge in [-0.1, -0.05) is 54.6 Å². The van der Waals surface area contributed by atoms with E-state index in [2.05, 4.69) is 5.32 Å². The number of ketones is 1. The number of benzene rings is 3. The van der Waals surface area contributed by atoms with Crippen LogP contribution in [-0.2, 0) is 4.74 Å². The van der Waals surface area contributed by atoms with Crippen LogP contribution in [0.5, 0.6) is 0 Å². The number of anilines is 1. The molecule has 1 aliphatic rings. The van der Waals surface area contributed by atoms with E-state index in [4.69, 9.17) is 9.72 Å². The van der Waals surface area contributed by atoms with Crippen LogP contribution in [-0.4, -0.2) is 28.4 Å². The van der Waals surface area contributed by atoms with Gasteiger partial charge in [-0.05, 0) is 36.8 Å². The first kappa shape index (κ1) is 19.8. The van der Waals surface area contributed by atoms with E-state index in [-0.39, 0.29) is 5.78 Å². The van der Waals surface area contributed by atoms with E-state index < -0.39 is 12.0 Å². The van der Waals surface area contributed by atoms with E-state index in [1.54, 1.807) is 12.1 Å². The highest BCUT2D eigenvalue weighted by molar-refractivity contribution is 6.11. The van der Waals surface area contributed by atoms with Crippen molar-refractivity contribution in [2.75, 3.05) is 12.4 Å². The second-order valence-electron chi connectivity index (χ2n) is 7.67. The van der Waals surface area contributed by atoms with E-state index in [0.717, 1.165) is 22.3 Å². The second kappa shape index (κ2) is 7.81. The maximum atomic E-state index is 13.7. The molecule has 0 spiro atoms. The van der Waals surface area contributed by atoms with Gasteiger partial charge < -0.3 is 10.1 Å². The molecule has 6 heteroatoms. The summed E-state index contributed by atoms with van der Waals surface area (Å²) < 4.78 is 6.88. The lowest BCUT2D eigenvalue weighted by Gasteiger charge is -2.31. The average molecular weight is 423 g/mol. The Balaban J connectivity index is 1.72. The van der Waals surface area contributed by atoms with Crippen LogP contribution >= 0.6 is 0 Å². The fourth-order valence-electron chi connectivity index (χ4n) is 4.24. The van der Waals surface area contributed by atoms with Gasteiger partial charge in [0.25, 0.3) is 0 Å². The van der Waals surface area contributed by atoms with Crippen molar-refractivity contribution in [2.45, 2.75) is 13.0 Å². The molecule has 1 aromatic heterocycles. The molecular weight excluding hydrogens is 402 g/mol. The molecule has 1 aliphatic heterocycles. The largest absolute Gasteiger partial charge is 0.465 e. The van der Waals surface area contributed by atoms with Crippen LogP contribution in [0.4, 0.5) is 5.95 Å². The Morgan fingerprint density at radius 2 is 1.59 bits per heavy atom. The number of allylic oxidation sites excluding steroid dienone is 2. The SMILES string of the molecule is COC(=O)c1ccc(C2C(C(=O)c3ccccc3)=C(C)Nc3nc4ccccc4n32)cc1. The number of ether oxygens (including phenoxy) is 1. The quantitative estimate of drug-likeness (QED) is 0.370. The number of para-hydroxylation sites is 2. The van der Waals surface area contributed by atoms with Gasteiger partial charge in [0.15, 0.2) is 5.78 Å². The molecule has 158 valence electrons. The third-order valence-corrected chi connectivity index (χ3v) is 5.76. The average Bonchev–Trinajstić information content (AvgIpc) is 3.20. The standard InChI is InChI=1S/C26H21N3O3/c1-16-22(24(30)18-8-4-3-5-9-18)23(17-12-14-19(15-13-17)25(31)32-2)29-21-11-7-6-10-20(21)28-26(29)27-16/h3-15,23H,1-2H3,(H,27,28). The van der Waals surface area contributed by atoms with Crippen molar-refractivity contribution < 1.29 is 14.3 Å². The molecule has 0 saturated heterocycles. The third kappa shape index (κ3) is 3.17. The summed E-state index contributed by atoms with van der Waals surface area (Å²) in [4.78, 5) is 30.3. The first-order chi connectivity index (χ1) is 15.6. The lowest BCUT2D eigenvalue weighted by Crippen LogP contribution is -2.28. The van der Waals surface area contributed by atoms with Crippen LogP contribution in [0.25, 0.3) is 11.0 Å². The summed E-state index contributed by atoms with van der Waals surface area (Å²) in [5.74, 6) is 0.222. The van der Waals surface area contributed by atoms with Gasteiger partial charge >= 0.3 is 5.97 Å². The van der Waals surface area contributed by atoms with Crippen LogP contribution in [0.15, 0.2) is 90.1 Å². The maximum absolute atomic E-state index is 13.7. The number of fused-ring (bicyclic) bond motifs is 3. The summed E-state index contributed by atoms with van der Waals surface area (Å²) in [5, 5.41) is 3.33. The van der Waals surface area contributed by atoms with E-state index >= 15 is 0 Å². The smallest absolute Gasteiger partial charge is 0.337 e. The molecule has 1 unspecified atom stereocenters. The number of aromatic nitrogens is 2. The van der Waals surface area contributed by atoms with Gasteiger partial charge in [-0.15, -0.1) is 0 Å². The third-order valence-electron chi connectivity index (χ3n) is 5.76. The summed E-state index contributed by atoms with van der Waals surface area (Å²) in [6.07, 6.45) is 0. The number of carbonyl (C=O) groups is 2. The Kier molecular flexibility index (Phi) is 4.82. The minimum atomic E-state index is -0.405. The van der Waals surface area contributed by atoms with Crippen molar-refractivity contribution in [1.82, 2.24) is 9.55 Å². The summed E-state index contributed by atoms with van der Waals surface area (Å²) >= 11 is 0. The fourth-order valence-corrected chi connectivity index (χ4v) is 4.24. The van der Waals surface area contributed by atoms with Gasteiger partial charge in [0.1, 0.15) is 0 Å². The number of nitrogens with zero attached hydrogens (tertiary/aromatic N) is 2. The zero-order valence-electron chi connectivity index (χ0n) is 17.7. The van der Waals surface area contributed by atoms with Gasteiger partial charge in [-0.2, -0.15) is 0 Å². The molecule has 0 bridgehead atoms. The van der Waals surface area contributed by atoms with Crippen LogP contribution in [0.2, 0.25) is 0 Å². The predicted molar refractivity (Wildman–Crippen MR) is 123 cm³/mol. The molecule has 0 radical (unpaired) electrons. The molecule has 4 aromatic rings. The van der Waals surface area contributed by atoms with Gasteiger partial charge in [-0.25, -0.2) is 9.78 Å². The van der Waals surface area contributed by atoms with E-state index in [1.165, 1.54) is 7.11 Å². The molecule has 2 heterocycles. The number of carbonyl (C=O) groups excluding carboxylic acids is 2. The molecule has 6 nitrogen and oxygen atoms in total. The lowest BCUT2D eigenvalue weighted by atomic mass is 9.89. The zero-order valence-corrected chi connectivity index (χ0v) is 17.7. The number of nitrogens with one attached hydrogen (secondary N) is 1. The summed E-state index contributed by atoms with van der Waals surface area (Å²) in [5.41, 5.74) is 5.10. The van der Waals surface area contributed by atoms with Crippen LogP contribution in [0.1, 0.15) is 39.2 Å². The summed E-state index contributed by atoms with van der Waals surface area (Å²) in [7, 11) is 1.36. The molecule has 0 amide bonds. The lowest BCUT2D eigenvalue weighted by molar-refractivity contribution is 0.0600.